The molecule has 1 unspecified atom stereocenters. The predicted molar refractivity (Wildman–Crippen MR) is 66.3 cm³/mol. The molecule has 1 saturated heterocycles. The van der Waals surface area contributed by atoms with Gasteiger partial charge in [-0.2, -0.15) is 0 Å². The van der Waals surface area contributed by atoms with Gasteiger partial charge in [0.2, 0.25) is 0 Å². The van der Waals surface area contributed by atoms with Crippen molar-refractivity contribution in [3.63, 3.8) is 0 Å². The number of nitro groups is 1. The van der Waals surface area contributed by atoms with E-state index in [0.29, 0.717) is 19.4 Å². The van der Waals surface area contributed by atoms with Crippen LogP contribution in [0.1, 0.15) is 36.7 Å². The smallest absolute Gasteiger partial charge is 0.433 e. The molecule has 0 aromatic carbocycles. The summed E-state index contributed by atoms with van der Waals surface area (Å²) in [5, 5.41) is 19.9. The third kappa shape index (κ3) is 2.02. The Hall–Kier alpha value is -2.38. The number of carboxylic acid groups (broad SMARTS) is 1. The molecule has 1 amide bonds. The lowest BCUT2D eigenvalue weighted by molar-refractivity contribution is -0.402. The summed E-state index contributed by atoms with van der Waals surface area (Å²) in [5.41, 5.74) is -1.25. The van der Waals surface area contributed by atoms with E-state index in [0.717, 1.165) is 6.07 Å². The SMILES string of the molecule is CCC1(C(=O)O)CCCN1C(=O)c1ccc([N+](=O)[O-])o1. The Morgan fingerprint density at radius 1 is 1.55 bits per heavy atom. The van der Waals surface area contributed by atoms with E-state index in [-0.39, 0.29) is 12.2 Å². The number of hydrogen-bond acceptors (Lipinski definition) is 5. The highest BCUT2D eigenvalue weighted by Crippen LogP contribution is 2.34. The van der Waals surface area contributed by atoms with Gasteiger partial charge in [-0.05, 0) is 25.3 Å². The van der Waals surface area contributed by atoms with Gasteiger partial charge in [-0.1, -0.05) is 6.92 Å². The third-order valence-corrected chi connectivity index (χ3v) is 3.70. The summed E-state index contributed by atoms with van der Waals surface area (Å²) >= 11 is 0. The average Bonchev–Trinajstić information content (AvgIpc) is 3.05. The van der Waals surface area contributed by atoms with E-state index in [1.807, 2.05) is 0 Å². The molecule has 1 fully saturated rings. The monoisotopic (exact) mass is 282 g/mol. The number of furan rings is 1. The summed E-state index contributed by atoms with van der Waals surface area (Å²) in [4.78, 5) is 34.8. The normalized spacial score (nSPS) is 21.9. The van der Waals surface area contributed by atoms with Crippen LogP contribution in [0, 0.1) is 10.1 Å². The molecule has 0 bridgehead atoms. The number of carboxylic acids is 1. The first-order valence-electron chi connectivity index (χ1n) is 6.22. The van der Waals surface area contributed by atoms with E-state index >= 15 is 0 Å². The zero-order valence-electron chi connectivity index (χ0n) is 10.9. The Labute approximate surface area is 114 Å². The fourth-order valence-electron chi connectivity index (χ4n) is 2.59. The van der Waals surface area contributed by atoms with E-state index < -0.39 is 28.2 Å². The first-order chi connectivity index (χ1) is 9.42. The van der Waals surface area contributed by atoms with E-state index in [9.17, 15) is 24.8 Å². The van der Waals surface area contributed by atoms with Crippen molar-refractivity contribution in [1.82, 2.24) is 4.90 Å². The molecule has 0 saturated carbocycles. The fraction of sp³-hybridized carbons (Fsp3) is 0.500. The number of likely N-dealkylation sites (tertiary alicyclic amines) is 1. The first-order valence-corrected chi connectivity index (χ1v) is 6.22. The lowest BCUT2D eigenvalue weighted by Gasteiger charge is -2.33. The minimum absolute atomic E-state index is 0.210. The molecule has 1 aromatic rings. The second-order valence-electron chi connectivity index (χ2n) is 4.65. The van der Waals surface area contributed by atoms with Crippen molar-refractivity contribution in [2.45, 2.75) is 31.7 Å². The lowest BCUT2D eigenvalue weighted by atomic mass is 9.93. The number of aliphatic carboxylic acids is 1. The number of carbonyl (C=O) groups is 2. The molecule has 1 aliphatic heterocycles. The van der Waals surface area contributed by atoms with E-state index in [1.54, 1.807) is 6.92 Å². The van der Waals surface area contributed by atoms with Crippen LogP contribution in [0.4, 0.5) is 5.88 Å². The van der Waals surface area contributed by atoms with Gasteiger partial charge in [0.15, 0.2) is 5.76 Å². The van der Waals surface area contributed by atoms with Crippen LogP contribution < -0.4 is 0 Å². The molecule has 0 aliphatic carbocycles. The van der Waals surface area contributed by atoms with E-state index in [1.165, 1.54) is 11.0 Å². The quantitative estimate of drug-likeness (QED) is 0.663. The van der Waals surface area contributed by atoms with Crippen LogP contribution in [0.25, 0.3) is 0 Å². The number of carbonyl (C=O) groups excluding carboxylic acids is 1. The van der Waals surface area contributed by atoms with E-state index in [4.69, 9.17) is 4.42 Å². The molecule has 108 valence electrons. The zero-order valence-corrected chi connectivity index (χ0v) is 10.9. The summed E-state index contributed by atoms with van der Waals surface area (Å²) in [6, 6.07) is 2.28. The minimum Gasteiger partial charge on any atom is -0.479 e. The molecule has 1 aliphatic rings. The minimum atomic E-state index is -1.25. The van der Waals surface area contributed by atoms with Crippen molar-refractivity contribution in [3.05, 3.63) is 28.0 Å². The first kappa shape index (κ1) is 14.0. The molecule has 8 nitrogen and oxygen atoms in total. The number of nitrogens with zero attached hydrogens (tertiary/aromatic N) is 2. The van der Waals surface area contributed by atoms with Gasteiger partial charge >= 0.3 is 11.9 Å². The van der Waals surface area contributed by atoms with Gasteiger partial charge in [-0.3, -0.25) is 14.9 Å². The van der Waals surface area contributed by atoms with Gasteiger partial charge in [-0.15, -0.1) is 0 Å². The second-order valence-corrected chi connectivity index (χ2v) is 4.65. The van der Waals surface area contributed by atoms with Crippen LogP contribution in [0.2, 0.25) is 0 Å². The van der Waals surface area contributed by atoms with E-state index in [2.05, 4.69) is 0 Å². The number of hydrogen-bond donors (Lipinski definition) is 1. The Kier molecular flexibility index (Phi) is 3.47. The average molecular weight is 282 g/mol. The maximum atomic E-state index is 12.3. The summed E-state index contributed by atoms with van der Waals surface area (Å²) in [5.74, 6) is -2.44. The van der Waals surface area contributed by atoms with Crippen molar-refractivity contribution in [3.8, 4) is 0 Å². The van der Waals surface area contributed by atoms with Crippen molar-refractivity contribution in [2.75, 3.05) is 6.54 Å². The van der Waals surface area contributed by atoms with Crippen LogP contribution in [-0.2, 0) is 4.79 Å². The molecule has 1 aromatic heterocycles. The van der Waals surface area contributed by atoms with Crippen LogP contribution in [0.15, 0.2) is 16.5 Å². The molecular formula is C12H14N2O6. The van der Waals surface area contributed by atoms with Crippen molar-refractivity contribution in [2.24, 2.45) is 0 Å². The van der Waals surface area contributed by atoms with Gasteiger partial charge in [0.05, 0.1) is 6.07 Å². The standard InChI is InChI=1S/C12H14N2O6/c1-2-12(11(16)17)6-3-7-13(12)10(15)8-4-5-9(20-8)14(18)19/h4-5H,2-3,6-7H2,1H3,(H,16,17). The van der Waals surface area contributed by atoms with Crippen molar-refractivity contribution < 1.29 is 24.0 Å². The van der Waals surface area contributed by atoms with Crippen molar-refractivity contribution in [1.29, 1.82) is 0 Å². The number of rotatable bonds is 4. The predicted octanol–water partition coefficient (Wildman–Crippen LogP) is 1.66. The molecule has 1 atom stereocenters. The summed E-state index contributed by atoms with van der Waals surface area (Å²) in [6.07, 6.45) is 1.22. The maximum Gasteiger partial charge on any atom is 0.433 e. The summed E-state index contributed by atoms with van der Waals surface area (Å²) < 4.78 is 4.85. The Bertz CT molecular complexity index is 566. The van der Waals surface area contributed by atoms with Crippen LogP contribution in [0.3, 0.4) is 0 Å². The summed E-state index contributed by atoms with van der Waals surface area (Å²) in [7, 11) is 0. The van der Waals surface area contributed by atoms with Gasteiger partial charge in [0.1, 0.15) is 10.5 Å². The molecular weight excluding hydrogens is 268 g/mol. The van der Waals surface area contributed by atoms with Crippen LogP contribution in [0.5, 0.6) is 0 Å². The largest absolute Gasteiger partial charge is 0.479 e. The topological polar surface area (TPSA) is 114 Å². The summed E-state index contributed by atoms with van der Waals surface area (Å²) in [6.45, 7) is 2.00. The lowest BCUT2D eigenvalue weighted by Crippen LogP contribution is -2.52. The Morgan fingerprint density at radius 3 is 2.75 bits per heavy atom. The number of amides is 1. The van der Waals surface area contributed by atoms with Gasteiger partial charge in [0.25, 0.3) is 5.91 Å². The van der Waals surface area contributed by atoms with Gasteiger partial charge < -0.3 is 14.4 Å². The van der Waals surface area contributed by atoms with Crippen molar-refractivity contribution >= 4 is 17.8 Å². The highest BCUT2D eigenvalue weighted by atomic mass is 16.6. The molecule has 2 rings (SSSR count). The van der Waals surface area contributed by atoms with Gasteiger partial charge in [0, 0.05) is 6.54 Å². The van der Waals surface area contributed by atoms with Crippen LogP contribution >= 0.6 is 0 Å². The maximum absolute atomic E-state index is 12.3. The molecule has 1 N–H and O–H groups in total. The second kappa shape index (κ2) is 4.95. The molecule has 2 heterocycles. The molecule has 0 radical (unpaired) electrons. The van der Waals surface area contributed by atoms with Crippen LogP contribution in [-0.4, -0.2) is 38.9 Å². The molecule has 0 spiro atoms. The highest BCUT2D eigenvalue weighted by Gasteiger charge is 2.49. The zero-order chi connectivity index (χ0) is 14.9. The highest BCUT2D eigenvalue weighted by molar-refractivity contribution is 5.96. The Morgan fingerprint density at radius 2 is 2.25 bits per heavy atom. The van der Waals surface area contributed by atoms with Gasteiger partial charge in [-0.25, -0.2) is 4.79 Å². The molecule has 8 heteroatoms. The molecule has 20 heavy (non-hydrogen) atoms. The fourth-order valence-corrected chi connectivity index (χ4v) is 2.59. The Balaban J connectivity index is 2.31. The third-order valence-electron chi connectivity index (χ3n) is 3.70.